The number of nitrogens with one attached hydrogen (secondary N) is 1. The molecule has 0 saturated heterocycles. The number of carboxylic acid groups (broad SMARTS) is 1. The summed E-state index contributed by atoms with van der Waals surface area (Å²) in [6, 6.07) is 0. The van der Waals surface area contributed by atoms with E-state index in [9.17, 15) is 9.59 Å². The number of carbonyl (C=O) groups is 2. The molecule has 0 heterocycles. The average Bonchev–Trinajstić information content (AvgIpc) is 1.82. The maximum absolute atomic E-state index is 10.6. The summed E-state index contributed by atoms with van der Waals surface area (Å²) < 4.78 is 0. The first kappa shape index (κ1) is 13.6. The molecule has 4 nitrogen and oxygen atoms in total. The van der Waals surface area contributed by atoms with E-state index in [4.69, 9.17) is 5.11 Å². The first-order valence-electron chi connectivity index (χ1n) is 2.71. The van der Waals surface area contributed by atoms with E-state index >= 15 is 0 Å². The first-order chi connectivity index (χ1) is 4.54. The summed E-state index contributed by atoms with van der Waals surface area (Å²) in [5.74, 6) is -1.42. The zero-order valence-electron chi connectivity index (χ0n) is 5.80. The van der Waals surface area contributed by atoms with Crippen molar-refractivity contribution in [2.24, 2.45) is 0 Å². The van der Waals surface area contributed by atoms with Gasteiger partial charge in [-0.15, -0.1) is 0 Å². The zero-order valence-corrected chi connectivity index (χ0v) is 8.86. The minimum atomic E-state index is -1.05. The fourth-order valence-electron chi connectivity index (χ4n) is 0.310. The molecule has 0 aliphatic rings. The monoisotopic (exact) mass is 360 g/mol. The summed E-state index contributed by atoms with van der Waals surface area (Å²) in [5, 5.41) is 9.81. The number of carbonyl (C=O) groups excluding carboxylic acids is 1. The van der Waals surface area contributed by atoms with Crippen LogP contribution in [0.5, 0.6) is 0 Å². The molecule has 2 N–H and O–H groups in total. The number of aliphatic carboxylic acids is 1. The molecular weight excluding hydrogens is 351 g/mol. The van der Waals surface area contributed by atoms with Gasteiger partial charge in [-0.25, -0.2) is 0 Å². The molecule has 0 aliphatic carbocycles. The van der Waals surface area contributed by atoms with E-state index in [0.717, 1.165) is 0 Å². The van der Waals surface area contributed by atoms with E-state index in [1.807, 2.05) is 0 Å². The summed E-state index contributed by atoms with van der Waals surface area (Å²) in [7, 11) is 0. The molecule has 6 heteroatoms. The second-order valence-electron chi connectivity index (χ2n) is 1.79. The van der Waals surface area contributed by atoms with Crippen LogP contribution in [0.2, 0.25) is 0 Å². The van der Waals surface area contributed by atoms with Crippen LogP contribution in [-0.4, -0.2) is 28.8 Å². The fraction of sp³-hybridized carbons (Fsp3) is 0.600. The van der Waals surface area contributed by atoms with E-state index in [-0.39, 0.29) is 34.8 Å². The topological polar surface area (TPSA) is 66.4 Å². The van der Waals surface area contributed by atoms with Gasteiger partial charge >= 0.3 is 5.97 Å². The molecular formula is C5H9AuNO3S. The van der Waals surface area contributed by atoms with Crippen LogP contribution in [0.3, 0.4) is 0 Å². The van der Waals surface area contributed by atoms with Gasteiger partial charge in [-0.2, -0.15) is 12.6 Å². The average molecular weight is 360 g/mol. The van der Waals surface area contributed by atoms with Gasteiger partial charge < -0.3 is 10.4 Å². The summed E-state index contributed by atoms with van der Waals surface area (Å²) in [4.78, 5) is 20.5. The molecule has 69 valence electrons. The van der Waals surface area contributed by atoms with Crippen LogP contribution in [0.25, 0.3) is 0 Å². The van der Waals surface area contributed by atoms with Crippen molar-refractivity contribution >= 4 is 24.5 Å². The number of amides is 1. The molecule has 1 atom stereocenters. The number of thiol groups is 1. The second kappa shape index (κ2) is 6.72. The summed E-state index contributed by atoms with van der Waals surface area (Å²) in [6.07, 6.45) is 0. The summed E-state index contributed by atoms with van der Waals surface area (Å²) in [5.41, 5.74) is 0. The molecule has 0 rings (SSSR count). The summed E-state index contributed by atoms with van der Waals surface area (Å²) >= 11 is 3.79. The Kier molecular flexibility index (Phi) is 8.32. The quantitative estimate of drug-likeness (QED) is 0.470. The third kappa shape index (κ3) is 7.93. The van der Waals surface area contributed by atoms with Gasteiger partial charge in [-0.1, -0.05) is 0 Å². The zero-order chi connectivity index (χ0) is 8.15. The van der Waals surface area contributed by atoms with E-state index < -0.39 is 11.2 Å². The van der Waals surface area contributed by atoms with Gasteiger partial charge in [-0.05, 0) is 6.92 Å². The Bertz CT molecular complexity index is 151. The maximum atomic E-state index is 10.6. The first-order valence-corrected chi connectivity index (χ1v) is 3.23. The molecule has 0 saturated carbocycles. The molecule has 0 fully saturated rings. The molecule has 0 aromatic rings. The van der Waals surface area contributed by atoms with Gasteiger partial charge in [0.05, 0.1) is 5.25 Å². The third-order valence-corrected chi connectivity index (χ3v) is 1.03. The van der Waals surface area contributed by atoms with Crippen molar-refractivity contribution in [3.63, 3.8) is 0 Å². The Morgan fingerprint density at radius 3 is 2.36 bits per heavy atom. The Morgan fingerprint density at radius 1 is 1.64 bits per heavy atom. The normalized spacial score (nSPS) is 11.1. The van der Waals surface area contributed by atoms with Crippen LogP contribution in [0.1, 0.15) is 6.92 Å². The van der Waals surface area contributed by atoms with Gasteiger partial charge in [-0.3, -0.25) is 9.59 Å². The maximum Gasteiger partial charge on any atom is 0.322 e. The number of hydrogen-bond acceptors (Lipinski definition) is 3. The van der Waals surface area contributed by atoms with Crippen molar-refractivity contribution < 1.29 is 37.1 Å². The van der Waals surface area contributed by atoms with Crippen LogP contribution in [0.15, 0.2) is 0 Å². The van der Waals surface area contributed by atoms with Crippen LogP contribution >= 0.6 is 12.6 Å². The molecule has 0 bridgehead atoms. The van der Waals surface area contributed by atoms with Crippen molar-refractivity contribution in [1.29, 1.82) is 0 Å². The van der Waals surface area contributed by atoms with E-state index in [1.54, 1.807) is 6.92 Å². The number of carboxylic acids is 1. The summed E-state index contributed by atoms with van der Waals surface area (Å²) in [6.45, 7) is 1.23. The predicted octanol–water partition coefficient (Wildman–Crippen LogP) is -0.497. The fourth-order valence-corrected chi connectivity index (χ4v) is 0.402. The van der Waals surface area contributed by atoms with Gasteiger partial charge in [0.15, 0.2) is 0 Å². The van der Waals surface area contributed by atoms with Crippen molar-refractivity contribution in [2.75, 3.05) is 6.54 Å². The van der Waals surface area contributed by atoms with E-state index in [1.165, 1.54) is 0 Å². The standard InChI is InChI=1S/C5H9NO3S.Au/c1-3(10)5(9)6-2-4(7)8;/h3,10H,2H2,1H3,(H,6,9)(H,7,8);. The van der Waals surface area contributed by atoms with Gasteiger partial charge in [0.2, 0.25) is 5.91 Å². The molecule has 0 aromatic heterocycles. The van der Waals surface area contributed by atoms with Crippen molar-refractivity contribution in [1.82, 2.24) is 5.32 Å². The largest absolute Gasteiger partial charge is 0.480 e. The molecule has 1 amide bonds. The van der Waals surface area contributed by atoms with Crippen LogP contribution in [0.4, 0.5) is 0 Å². The van der Waals surface area contributed by atoms with Crippen LogP contribution < -0.4 is 5.32 Å². The molecule has 11 heavy (non-hydrogen) atoms. The smallest absolute Gasteiger partial charge is 0.322 e. The van der Waals surface area contributed by atoms with Crippen molar-refractivity contribution in [2.45, 2.75) is 12.2 Å². The van der Waals surface area contributed by atoms with Crippen LogP contribution in [0, 0.1) is 0 Å². The second-order valence-corrected chi connectivity index (χ2v) is 2.56. The molecule has 0 spiro atoms. The van der Waals surface area contributed by atoms with Crippen molar-refractivity contribution in [3.8, 4) is 0 Å². The van der Waals surface area contributed by atoms with E-state index in [2.05, 4.69) is 17.9 Å². The van der Waals surface area contributed by atoms with Gasteiger partial charge in [0.1, 0.15) is 6.54 Å². The molecule has 1 unspecified atom stereocenters. The Morgan fingerprint density at radius 2 is 2.09 bits per heavy atom. The van der Waals surface area contributed by atoms with Gasteiger partial charge in [0.25, 0.3) is 0 Å². The minimum Gasteiger partial charge on any atom is -0.480 e. The predicted molar refractivity (Wildman–Crippen MR) is 39.1 cm³/mol. The molecule has 0 aromatic carbocycles. The van der Waals surface area contributed by atoms with E-state index in [0.29, 0.717) is 0 Å². The Labute approximate surface area is 85.7 Å². The van der Waals surface area contributed by atoms with Gasteiger partial charge in [0, 0.05) is 22.4 Å². The minimum absolute atomic E-state index is 0. The number of hydrogen-bond donors (Lipinski definition) is 3. The van der Waals surface area contributed by atoms with Crippen molar-refractivity contribution in [3.05, 3.63) is 0 Å². The third-order valence-electron chi connectivity index (χ3n) is 0.793. The molecule has 0 aliphatic heterocycles. The number of rotatable bonds is 3. The Balaban J connectivity index is 0. The van der Waals surface area contributed by atoms with Crippen LogP contribution in [-0.2, 0) is 32.0 Å². The molecule has 1 radical (unpaired) electrons. The SMILES string of the molecule is CC(S)C(=O)NCC(=O)O.[Au]. The Hall–Kier alpha value is 0.0303.